The summed E-state index contributed by atoms with van der Waals surface area (Å²) < 4.78 is 54.2. The van der Waals surface area contributed by atoms with E-state index in [9.17, 15) is 73.2 Å². The number of aromatic nitrogens is 3. The highest BCUT2D eigenvalue weighted by atomic mass is 16.7. The maximum atomic E-state index is 14.6. The van der Waals surface area contributed by atoms with Crippen LogP contribution in [0.3, 0.4) is 0 Å². The molecular formula is C82H99N13O24. The number of likely N-dealkylation sites (tertiary alicyclic amines) is 1. The number of hydrogen-bond donors (Lipinski definition) is 8. The third-order valence-corrected chi connectivity index (χ3v) is 21.7. The van der Waals surface area contributed by atoms with Crippen LogP contribution < -0.4 is 50.8 Å². The predicted octanol–water partition coefficient (Wildman–Crippen LogP) is 3.54. The molecule has 6 aromatic rings. The van der Waals surface area contributed by atoms with Crippen LogP contribution in [0.1, 0.15) is 91.9 Å². The monoisotopic (exact) mass is 1650 g/mol. The SMILES string of the molecule is COc1cc(=O)n(C)cc1-c1ccc2nc(N3CCC(N4CCC(C)(NC(=O)c5ccc(OC)c(N6CCC(=O)NC6=O)c5)CC4)CC3)nc(C(COC(=O)N(C)CCN(C)C(=O)OCc3ccc(O[C@@H]4O[C@H](C(=O)O)[C@@H](O)[C@H](O)[C@H]4O)c(NC(=O)CCNC(=O)CCOCCOCCN4C(=O)C=CC4=O)c3)(OC3CC3)c3ccccc3)c2c1. The number of nitrogens with one attached hydrogen (secondary N) is 4. The van der Waals surface area contributed by atoms with E-state index in [0.29, 0.717) is 101 Å². The second-order valence-corrected chi connectivity index (χ2v) is 30.1. The van der Waals surface area contributed by atoms with Gasteiger partial charge in [0.15, 0.2) is 11.7 Å². The van der Waals surface area contributed by atoms with E-state index in [4.69, 9.17) is 52.6 Å². The van der Waals surface area contributed by atoms with Crippen LogP contribution >= 0.6 is 0 Å². The summed E-state index contributed by atoms with van der Waals surface area (Å²) in [4.78, 5) is 162. The van der Waals surface area contributed by atoms with Gasteiger partial charge in [-0.25, -0.2) is 29.1 Å². The van der Waals surface area contributed by atoms with Crippen molar-refractivity contribution in [3.63, 3.8) is 0 Å². The average molecular weight is 1650 g/mol. The number of nitrogens with zero attached hydrogens (tertiary/aromatic N) is 9. The van der Waals surface area contributed by atoms with E-state index in [2.05, 4.69) is 31.1 Å². The summed E-state index contributed by atoms with van der Waals surface area (Å²) in [6, 6.07) is 25.1. The van der Waals surface area contributed by atoms with E-state index < -0.39 is 96.3 Å². The number of carboxylic acids is 1. The number of piperidine rings is 2. The zero-order valence-corrected chi connectivity index (χ0v) is 66.9. The molecule has 1 unspecified atom stereocenters. The lowest BCUT2D eigenvalue weighted by Crippen LogP contribution is -2.61. The fourth-order valence-corrected chi connectivity index (χ4v) is 14.5. The number of ether oxygens (including phenoxy) is 9. The molecule has 2 aromatic heterocycles. The fraction of sp³-hybridized carbons (Fsp3) is 0.476. The van der Waals surface area contributed by atoms with Gasteiger partial charge in [0.1, 0.15) is 48.8 Å². The smallest absolute Gasteiger partial charge is 0.409 e. The minimum absolute atomic E-state index is 0.00872. The van der Waals surface area contributed by atoms with Crippen molar-refractivity contribution in [2.24, 2.45) is 7.05 Å². The molecule has 7 heterocycles. The van der Waals surface area contributed by atoms with Crippen molar-refractivity contribution in [2.45, 2.75) is 125 Å². The van der Waals surface area contributed by atoms with Gasteiger partial charge < -0.3 is 103 Å². The molecule has 12 rings (SSSR count). The lowest BCUT2D eigenvalue weighted by atomic mass is 9.87. The molecule has 5 aliphatic heterocycles. The van der Waals surface area contributed by atoms with Gasteiger partial charge in [0.2, 0.25) is 30.0 Å². The number of aliphatic carboxylic acids is 1. The van der Waals surface area contributed by atoms with Crippen LogP contribution in [0.15, 0.2) is 114 Å². The van der Waals surface area contributed by atoms with Gasteiger partial charge in [0.25, 0.3) is 23.3 Å². The summed E-state index contributed by atoms with van der Waals surface area (Å²) in [5.41, 5.74) is 1.37. The first-order valence-corrected chi connectivity index (χ1v) is 39.3. The Bertz CT molecular complexity index is 4820. The van der Waals surface area contributed by atoms with Crippen molar-refractivity contribution in [3.05, 3.63) is 142 Å². The Morgan fingerprint density at radius 1 is 0.723 bits per heavy atom. The number of urea groups is 1. The minimum Gasteiger partial charge on any atom is -0.496 e. The molecule has 119 heavy (non-hydrogen) atoms. The highest BCUT2D eigenvalue weighted by Crippen LogP contribution is 2.45. The number of hydrogen-bond acceptors (Lipinski definition) is 27. The van der Waals surface area contributed by atoms with Gasteiger partial charge in [-0.2, -0.15) is 0 Å². The summed E-state index contributed by atoms with van der Waals surface area (Å²) in [5, 5.41) is 52.8. The topological polar surface area (TPSA) is 450 Å². The molecule has 4 saturated heterocycles. The molecule has 0 spiro atoms. The standard InChI is InChI=1S/C82H99N13O24/c1-81(88-74(105)51-14-19-61(111-5)59(44-51)94-32-25-65(98)86-78(94)108)27-33-92(34-28-81)53-23-30-93(31-24-53)77-85-57-17-13-50(56-46-91(4)68(101)45-62(56)112-6)43-55(57)73(87-77)82(119-54-15-16-54,52-10-8-7-9-11-52)48-116-80(110)90(3)36-35-89(2)79(109)115-47-49-12-18-60(117-76-71(104)69(102)70(103)72(118-76)75(106)107)58(42-49)84-64(97)22-29-83-63(96)26-38-113-40-41-114-39-37-95-66(99)20-21-67(95)100/h7-14,17-21,42-46,53-54,69-72,76,102-104H,15-16,22-41,47-48H2,1-6H3,(H,83,96)(H,84,97)(H,88,105)(H,106,107)(H,86,98,108)/t69-,70-,71+,72-,76+,82?/m0/s1. The molecule has 636 valence electrons. The molecule has 0 radical (unpaired) electrons. The lowest BCUT2D eigenvalue weighted by molar-refractivity contribution is -0.271. The van der Waals surface area contributed by atoms with Crippen LogP contribution in [0.4, 0.5) is 31.7 Å². The number of carbonyl (C=O) groups is 10. The van der Waals surface area contributed by atoms with E-state index in [1.165, 1.54) is 84.0 Å². The van der Waals surface area contributed by atoms with Crippen molar-refractivity contribution in [1.82, 2.24) is 50.1 Å². The van der Waals surface area contributed by atoms with Crippen molar-refractivity contribution < 1.29 is 111 Å². The Kier molecular flexibility index (Phi) is 28.2. The van der Waals surface area contributed by atoms with E-state index in [-0.39, 0.29) is 132 Å². The first-order valence-electron chi connectivity index (χ1n) is 39.3. The number of fused-ring (bicyclic) bond motifs is 1. The maximum Gasteiger partial charge on any atom is 0.409 e. The van der Waals surface area contributed by atoms with Gasteiger partial charge in [0.05, 0.1) is 75.9 Å². The summed E-state index contributed by atoms with van der Waals surface area (Å²) in [6.07, 6.45) is -3.75. The van der Waals surface area contributed by atoms with Crippen molar-refractivity contribution in [2.75, 3.05) is 135 Å². The molecule has 1 aliphatic carbocycles. The number of likely N-dealkylation sites (N-methyl/N-ethyl adjacent to an activating group) is 2. The van der Waals surface area contributed by atoms with Crippen LogP contribution in [0, 0.1) is 0 Å². The van der Waals surface area contributed by atoms with Gasteiger partial charge in [-0.15, -0.1) is 0 Å². The summed E-state index contributed by atoms with van der Waals surface area (Å²) in [5.74, 6) is -3.37. The highest BCUT2D eigenvalue weighted by Gasteiger charge is 2.50. The highest BCUT2D eigenvalue weighted by molar-refractivity contribution is 6.13. The molecule has 4 aromatic carbocycles. The molecule has 8 N–H and O–H groups in total. The molecule has 5 fully saturated rings. The number of methoxy groups -OCH3 is 2. The Labute approximate surface area is 684 Å². The Morgan fingerprint density at radius 2 is 1.41 bits per heavy atom. The number of amides is 10. The third kappa shape index (κ3) is 21.2. The number of pyridine rings is 1. The predicted molar refractivity (Wildman–Crippen MR) is 425 cm³/mol. The number of benzene rings is 4. The van der Waals surface area contributed by atoms with Crippen LogP contribution in [0.5, 0.6) is 17.2 Å². The van der Waals surface area contributed by atoms with Gasteiger partial charge >= 0.3 is 24.2 Å². The van der Waals surface area contributed by atoms with Crippen LogP contribution in [0.25, 0.3) is 22.0 Å². The van der Waals surface area contributed by atoms with E-state index in [1.54, 1.807) is 31.4 Å². The number of aliphatic hydroxyl groups excluding tert-OH is 3. The number of carboxylic acid groups (broad SMARTS) is 1. The van der Waals surface area contributed by atoms with Crippen LogP contribution in [-0.2, 0) is 76.4 Å². The molecule has 37 nitrogen and oxygen atoms in total. The average Bonchev–Trinajstić information content (AvgIpc) is 1.45. The molecule has 6 atom stereocenters. The zero-order chi connectivity index (χ0) is 84.8. The number of anilines is 3. The Hall–Kier alpha value is -11.7. The third-order valence-electron chi connectivity index (χ3n) is 21.7. The Morgan fingerprint density at radius 3 is 2.09 bits per heavy atom. The largest absolute Gasteiger partial charge is 0.496 e. The minimum atomic E-state index is -2.03. The lowest BCUT2D eigenvalue weighted by Gasteiger charge is -2.45. The normalized spacial score (nSPS) is 20.0. The molecule has 37 heteroatoms. The number of aliphatic hydroxyl groups is 3. The number of carbonyl (C=O) groups excluding carboxylic acids is 9. The summed E-state index contributed by atoms with van der Waals surface area (Å²) in [7, 11) is 7.57. The maximum absolute atomic E-state index is 14.6. The second kappa shape index (κ2) is 38.8. The second-order valence-electron chi connectivity index (χ2n) is 30.1. The number of aryl methyl sites for hydroxylation is 1. The zero-order valence-electron chi connectivity index (χ0n) is 66.9. The van der Waals surface area contributed by atoms with Crippen molar-refractivity contribution >= 4 is 87.9 Å². The first-order chi connectivity index (χ1) is 57.1. The Balaban J connectivity index is 0.698. The van der Waals surface area contributed by atoms with E-state index >= 15 is 0 Å². The molecule has 0 bridgehead atoms. The van der Waals surface area contributed by atoms with E-state index in [0.717, 1.165) is 30.8 Å². The quantitative estimate of drug-likeness (QED) is 0.0208. The summed E-state index contributed by atoms with van der Waals surface area (Å²) in [6.45, 7) is 4.13. The number of rotatable bonds is 35. The van der Waals surface area contributed by atoms with Gasteiger partial charge in [-0.3, -0.25) is 48.7 Å². The molecule has 10 amide bonds. The first kappa shape index (κ1) is 86.6. The van der Waals surface area contributed by atoms with Gasteiger partial charge in [-0.05, 0) is 105 Å². The van der Waals surface area contributed by atoms with Crippen LogP contribution in [0.2, 0.25) is 0 Å². The fourth-order valence-electron chi connectivity index (χ4n) is 14.5. The molecular weight excluding hydrogens is 1550 g/mol. The van der Waals surface area contributed by atoms with Gasteiger partial charge in [0, 0.05) is 145 Å². The van der Waals surface area contributed by atoms with E-state index in [1.807, 2.05) is 55.5 Å². The summed E-state index contributed by atoms with van der Waals surface area (Å²) >= 11 is 0. The number of imide groups is 2. The molecule has 6 aliphatic rings. The van der Waals surface area contributed by atoms with Gasteiger partial charge in [-0.1, -0.05) is 42.5 Å². The molecule has 1 saturated carbocycles. The van der Waals surface area contributed by atoms with Crippen molar-refractivity contribution in [3.8, 4) is 28.4 Å². The van der Waals surface area contributed by atoms with Crippen molar-refractivity contribution in [1.29, 1.82) is 0 Å². The van der Waals surface area contributed by atoms with Crippen LogP contribution in [-0.4, -0.2) is 283 Å².